The van der Waals surface area contributed by atoms with Crippen LogP contribution in [0.5, 0.6) is 0 Å². The molecule has 3 aromatic rings. The number of para-hydroxylation sites is 1. The standard InChI is InChI=1S/C22H25F3N6O2/c1-13(18(21(2,3)4)33-20(26)32)31-29-19(28-30-31)16-7-5-6-8-17(16)27-15-11-9-14(10-12-15)22(23,24)25/h5-13,18,27H,1-4H3,(H2,26,32). The lowest BCUT2D eigenvalue weighted by Gasteiger charge is -2.33. The van der Waals surface area contributed by atoms with Gasteiger partial charge in [-0.25, -0.2) is 4.79 Å². The number of rotatable bonds is 6. The van der Waals surface area contributed by atoms with Crippen molar-refractivity contribution in [3.05, 3.63) is 54.1 Å². The summed E-state index contributed by atoms with van der Waals surface area (Å²) < 4.78 is 43.8. The number of carbonyl (C=O) groups excluding carboxylic acids is 1. The van der Waals surface area contributed by atoms with E-state index < -0.39 is 35.4 Å². The van der Waals surface area contributed by atoms with Gasteiger partial charge in [0.1, 0.15) is 12.1 Å². The minimum Gasteiger partial charge on any atom is -0.443 e. The summed E-state index contributed by atoms with van der Waals surface area (Å²) in [7, 11) is 0. The lowest BCUT2D eigenvalue weighted by Crippen LogP contribution is -2.40. The van der Waals surface area contributed by atoms with Crippen LogP contribution in [0.3, 0.4) is 0 Å². The van der Waals surface area contributed by atoms with Crippen LogP contribution in [0.25, 0.3) is 11.4 Å². The van der Waals surface area contributed by atoms with Gasteiger partial charge in [-0.05, 0) is 48.5 Å². The van der Waals surface area contributed by atoms with Gasteiger partial charge in [-0.15, -0.1) is 10.2 Å². The quantitative estimate of drug-likeness (QED) is 0.523. The van der Waals surface area contributed by atoms with Crippen LogP contribution in [0.1, 0.15) is 39.3 Å². The van der Waals surface area contributed by atoms with Gasteiger partial charge in [0.25, 0.3) is 0 Å². The number of hydrogen-bond donors (Lipinski definition) is 2. The van der Waals surface area contributed by atoms with Crippen LogP contribution >= 0.6 is 0 Å². The Hall–Kier alpha value is -3.63. The molecule has 3 N–H and O–H groups in total. The average Bonchev–Trinajstić information content (AvgIpc) is 3.21. The van der Waals surface area contributed by atoms with Gasteiger partial charge in [0.15, 0.2) is 0 Å². The molecule has 2 atom stereocenters. The first-order valence-corrected chi connectivity index (χ1v) is 10.2. The number of tetrazole rings is 1. The third-order valence-corrected chi connectivity index (χ3v) is 4.99. The van der Waals surface area contributed by atoms with Crippen molar-refractivity contribution < 1.29 is 22.7 Å². The molecule has 2 unspecified atom stereocenters. The number of primary amides is 1. The van der Waals surface area contributed by atoms with Crippen molar-refractivity contribution in [2.24, 2.45) is 11.1 Å². The minimum absolute atomic E-state index is 0.295. The Kier molecular flexibility index (Phi) is 6.61. The summed E-state index contributed by atoms with van der Waals surface area (Å²) in [6.07, 6.45) is -5.91. The molecule has 0 aliphatic rings. The smallest absolute Gasteiger partial charge is 0.416 e. The van der Waals surface area contributed by atoms with E-state index in [1.807, 2.05) is 20.8 Å². The number of alkyl halides is 3. The van der Waals surface area contributed by atoms with Crippen molar-refractivity contribution in [1.82, 2.24) is 20.2 Å². The van der Waals surface area contributed by atoms with E-state index in [1.165, 1.54) is 16.9 Å². The predicted octanol–water partition coefficient (Wildman–Crippen LogP) is 5.17. The Labute approximate surface area is 188 Å². The second-order valence-electron chi connectivity index (χ2n) is 8.64. The zero-order valence-electron chi connectivity index (χ0n) is 18.6. The lowest BCUT2D eigenvalue weighted by atomic mass is 9.85. The Morgan fingerprint density at radius 1 is 1.09 bits per heavy atom. The summed E-state index contributed by atoms with van der Waals surface area (Å²) in [6.45, 7) is 7.49. The molecule has 3 rings (SSSR count). The molecule has 1 aromatic heterocycles. The Morgan fingerprint density at radius 2 is 1.73 bits per heavy atom. The zero-order chi connectivity index (χ0) is 24.4. The maximum absolute atomic E-state index is 12.8. The highest BCUT2D eigenvalue weighted by Crippen LogP contribution is 2.33. The fourth-order valence-corrected chi connectivity index (χ4v) is 3.44. The SMILES string of the molecule is CC(C(OC(N)=O)C(C)(C)C)n1nnc(-c2ccccc2Nc2ccc(C(F)(F)F)cc2)n1. The first kappa shape index (κ1) is 24.0. The minimum atomic E-state index is -4.40. The molecule has 0 aliphatic carbocycles. The molecule has 8 nitrogen and oxygen atoms in total. The van der Waals surface area contributed by atoms with Gasteiger partial charge in [-0.2, -0.15) is 18.0 Å². The van der Waals surface area contributed by atoms with E-state index in [2.05, 4.69) is 20.7 Å². The average molecular weight is 462 g/mol. The number of nitrogens with two attached hydrogens (primary N) is 1. The molecule has 0 saturated carbocycles. The van der Waals surface area contributed by atoms with E-state index in [0.29, 0.717) is 22.8 Å². The monoisotopic (exact) mass is 462 g/mol. The molecule has 1 amide bonds. The molecule has 0 bridgehead atoms. The first-order valence-electron chi connectivity index (χ1n) is 10.2. The van der Waals surface area contributed by atoms with Crippen molar-refractivity contribution in [3.8, 4) is 11.4 Å². The number of aromatic nitrogens is 4. The number of nitrogens with one attached hydrogen (secondary N) is 1. The molecule has 11 heteroatoms. The summed E-state index contributed by atoms with van der Waals surface area (Å²) in [5.41, 5.74) is 5.72. The summed E-state index contributed by atoms with van der Waals surface area (Å²) in [5, 5.41) is 15.8. The zero-order valence-corrected chi connectivity index (χ0v) is 18.6. The van der Waals surface area contributed by atoms with E-state index >= 15 is 0 Å². The van der Waals surface area contributed by atoms with Crippen LogP contribution < -0.4 is 11.1 Å². The summed E-state index contributed by atoms with van der Waals surface area (Å²) >= 11 is 0. The highest BCUT2D eigenvalue weighted by molar-refractivity contribution is 5.77. The number of ether oxygens (including phenoxy) is 1. The maximum Gasteiger partial charge on any atom is 0.416 e. The van der Waals surface area contributed by atoms with Crippen LogP contribution in [0.4, 0.5) is 29.3 Å². The Balaban J connectivity index is 1.87. The summed E-state index contributed by atoms with van der Waals surface area (Å²) in [4.78, 5) is 12.7. The third kappa shape index (κ3) is 5.79. The Bertz CT molecular complexity index is 1110. The van der Waals surface area contributed by atoms with Crippen LogP contribution in [-0.4, -0.2) is 32.4 Å². The second-order valence-corrected chi connectivity index (χ2v) is 8.64. The largest absolute Gasteiger partial charge is 0.443 e. The topological polar surface area (TPSA) is 108 Å². The highest BCUT2D eigenvalue weighted by Gasteiger charge is 2.35. The molecule has 33 heavy (non-hydrogen) atoms. The number of hydrogen-bond acceptors (Lipinski definition) is 6. The van der Waals surface area contributed by atoms with Crippen LogP contribution in [0, 0.1) is 5.41 Å². The molecular weight excluding hydrogens is 437 g/mol. The first-order chi connectivity index (χ1) is 15.4. The van der Waals surface area contributed by atoms with Gasteiger partial charge >= 0.3 is 12.3 Å². The van der Waals surface area contributed by atoms with Crippen molar-refractivity contribution >= 4 is 17.5 Å². The fourth-order valence-electron chi connectivity index (χ4n) is 3.44. The number of nitrogens with zero attached hydrogens (tertiary/aromatic N) is 4. The van der Waals surface area contributed by atoms with Crippen LogP contribution in [0.2, 0.25) is 0 Å². The van der Waals surface area contributed by atoms with Crippen LogP contribution in [-0.2, 0) is 10.9 Å². The normalized spacial score (nSPS) is 13.9. The fraction of sp³-hybridized carbons (Fsp3) is 0.364. The van der Waals surface area contributed by atoms with Gasteiger partial charge < -0.3 is 15.8 Å². The van der Waals surface area contributed by atoms with Gasteiger partial charge in [-0.3, -0.25) is 0 Å². The molecule has 0 fully saturated rings. The number of halogens is 3. The number of carbonyl (C=O) groups is 1. The van der Waals surface area contributed by atoms with Crippen molar-refractivity contribution in [1.29, 1.82) is 0 Å². The second kappa shape index (κ2) is 9.08. The van der Waals surface area contributed by atoms with E-state index in [4.69, 9.17) is 10.5 Å². The van der Waals surface area contributed by atoms with Crippen LogP contribution in [0.15, 0.2) is 48.5 Å². The molecule has 1 heterocycles. The van der Waals surface area contributed by atoms with E-state index in [0.717, 1.165) is 12.1 Å². The number of amides is 1. The summed E-state index contributed by atoms with van der Waals surface area (Å²) in [5.74, 6) is 0.295. The molecule has 176 valence electrons. The van der Waals surface area contributed by atoms with E-state index in [-0.39, 0.29) is 0 Å². The van der Waals surface area contributed by atoms with Gasteiger partial charge in [-0.1, -0.05) is 32.9 Å². The lowest BCUT2D eigenvalue weighted by molar-refractivity contribution is -0.137. The molecule has 0 spiro atoms. The molecule has 0 saturated heterocycles. The molecule has 0 radical (unpaired) electrons. The molecular formula is C22H25F3N6O2. The predicted molar refractivity (Wildman–Crippen MR) is 117 cm³/mol. The molecule has 2 aromatic carbocycles. The third-order valence-electron chi connectivity index (χ3n) is 4.99. The summed E-state index contributed by atoms with van der Waals surface area (Å²) in [6, 6.07) is 11.3. The van der Waals surface area contributed by atoms with Gasteiger partial charge in [0, 0.05) is 22.4 Å². The van der Waals surface area contributed by atoms with E-state index in [1.54, 1.807) is 31.2 Å². The van der Waals surface area contributed by atoms with Crippen molar-refractivity contribution in [3.63, 3.8) is 0 Å². The number of anilines is 2. The van der Waals surface area contributed by atoms with Crippen molar-refractivity contribution in [2.45, 2.75) is 46.0 Å². The Morgan fingerprint density at radius 3 is 2.30 bits per heavy atom. The van der Waals surface area contributed by atoms with Gasteiger partial charge in [0.05, 0.1) is 5.56 Å². The highest BCUT2D eigenvalue weighted by atomic mass is 19.4. The number of benzene rings is 2. The van der Waals surface area contributed by atoms with Gasteiger partial charge in [0.2, 0.25) is 5.82 Å². The van der Waals surface area contributed by atoms with Crippen molar-refractivity contribution in [2.75, 3.05) is 5.32 Å². The van der Waals surface area contributed by atoms with E-state index in [9.17, 15) is 18.0 Å². The molecule has 0 aliphatic heterocycles. The maximum atomic E-state index is 12.8.